The summed E-state index contributed by atoms with van der Waals surface area (Å²) in [6.45, 7) is 34.3. The highest BCUT2D eigenvalue weighted by Gasteiger charge is 2.12. The summed E-state index contributed by atoms with van der Waals surface area (Å²) in [7, 11) is 0. The van der Waals surface area contributed by atoms with E-state index in [-0.39, 0.29) is 5.41 Å². The zero-order valence-corrected chi connectivity index (χ0v) is 46.3. The molecule has 0 nitrogen and oxygen atoms in total. The first-order valence-corrected chi connectivity index (χ1v) is 25.2. The van der Waals surface area contributed by atoms with Crippen molar-refractivity contribution in [1.29, 1.82) is 0 Å². The van der Waals surface area contributed by atoms with Crippen molar-refractivity contribution < 1.29 is 0 Å². The topological polar surface area (TPSA) is 0 Å². The third kappa shape index (κ3) is 23.9. The third-order valence-corrected chi connectivity index (χ3v) is 11.8. The average Bonchev–Trinajstić information content (AvgIpc) is 3.33. The van der Waals surface area contributed by atoms with Crippen LogP contribution < -0.4 is 0 Å². The van der Waals surface area contributed by atoms with E-state index in [9.17, 15) is 0 Å². The van der Waals surface area contributed by atoms with E-state index in [1.807, 2.05) is 30.3 Å². The van der Waals surface area contributed by atoms with Crippen LogP contribution in [0.5, 0.6) is 0 Å². The summed E-state index contributed by atoms with van der Waals surface area (Å²) in [5, 5.41) is 0. The second-order valence-electron chi connectivity index (χ2n) is 20.1. The molecule has 0 aliphatic rings. The summed E-state index contributed by atoms with van der Waals surface area (Å²) in [5.74, 6) is 0. The molecule has 368 valence electrons. The molecule has 9 aromatic carbocycles. The van der Waals surface area contributed by atoms with Crippen molar-refractivity contribution in [1.82, 2.24) is 0 Å². The van der Waals surface area contributed by atoms with Crippen LogP contribution in [0, 0.1) is 90.0 Å². The Morgan fingerprint density at radius 3 is 0.845 bits per heavy atom. The Hall–Kier alpha value is -7.02. The van der Waals surface area contributed by atoms with Gasteiger partial charge in [0.05, 0.1) is 0 Å². The van der Waals surface area contributed by atoms with E-state index in [1.54, 1.807) is 0 Å². The van der Waals surface area contributed by atoms with Crippen molar-refractivity contribution >= 4 is 0 Å². The Balaban J connectivity index is 0.000000221. The van der Waals surface area contributed by atoms with Gasteiger partial charge in [0.25, 0.3) is 0 Å². The molecular weight excluding hydrogens is 853 g/mol. The van der Waals surface area contributed by atoms with E-state index < -0.39 is 0 Å². The molecule has 0 atom stereocenters. The van der Waals surface area contributed by atoms with Gasteiger partial charge in [-0.1, -0.05) is 295 Å². The summed E-state index contributed by atoms with van der Waals surface area (Å²) < 4.78 is 0. The van der Waals surface area contributed by atoms with Crippen molar-refractivity contribution in [2.75, 3.05) is 0 Å². The van der Waals surface area contributed by atoms with E-state index in [0.717, 1.165) is 0 Å². The molecule has 0 aliphatic carbocycles. The fourth-order valence-corrected chi connectivity index (χ4v) is 7.51. The number of hydrogen-bond acceptors (Lipinski definition) is 0. The summed E-state index contributed by atoms with van der Waals surface area (Å²) in [6, 6.07) is 76.5. The van der Waals surface area contributed by atoms with E-state index >= 15 is 0 Å². The summed E-state index contributed by atoms with van der Waals surface area (Å²) in [4.78, 5) is 0. The Bertz CT molecular complexity index is 2750. The zero-order valence-electron chi connectivity index (χ0n) is 46.3. The standard InChI is InChI=1S/2C13H12.C11H16.C10H14.C9H12.C8H10.C7H8/c1-11-6-5-9-13(10-11)12-7-3-2-4-8-12;1-11-7-9-13(10-8-11)12-5-3-2-4-6-12;1-9-5-7-10(8-6-9)11(2,3)4;1-7-5-8(2)10(4)9(3)6-7;1-7-4-8(2)6-9(3)5-7;1-7-3-5-8(2)6-4-7;1-7-5-3-2-4-6-7/h2*2-10H,1H3;5-8H,1-4H3;5-6H,1-4H3;4-6H,1-3H3;3-6H,1-2H3;2-6H,1H3. The molecule has 0 saturated heterocycles. The largest absolute Gasteiger partial charge is 0.0622 e. The number of rotatable bonds is 2. The number of benzene rings is 9. The van der Waals surface area contributed by atoms with Crippen LogP contribution in [-0.2, 0) is 5.41 Å². The van der Waals surface area contributed by atoms with Crippen molar-refractivity contribution in [3.63, 3.8) is 0 Å². The van der Waals surface area contributed by atoms with Gasteiger partial charge in [0.1, 0.15) is 0 Å². The molecular formula is C71H84. The van der Waals surface area contributed by atoms with Crippen LogP contribution in [-0.4, -0.2) is 0 Å². The second kappa shape index (κ2) is 30.6. The van der Waals surface area contributed by atoms with E-state index in [2.05, 4.69) is 299 Å². The SMILES string of the molecule is Cc1cc(C)c(C)c(C)c1.Cc1cc(C)cc(C)c1.Cc1ccc(-c2ccccc2)cc1.Cc1ccc(C(C)(C)C)cc1.Cc1ccc(C)cc1.Cc1cccc(-c2ccccc2)c1.Cc1ccccc1. The maximum Gasteiger partial charge on any atom is -0.0132 e. The summed E-state index contributed by atoms with van der Waals surface area (Å²) >= 11 is 0. The quantitative estimate of drug-likeness (QED) is 0.162. The number of hydrogen-bond donors (Lipinski definition) is 0. The van der Waals surface area contributed by atoms with Gasteiger partial charge in [-0.2, -0.15) is 0 Å². The maximum absolute atomic E-state index is 2.23. The highest BCUT2D eigenvalue weighted by molar-refractivity contribution is 5.64. The Morgan fingerprint density at radius 2 is 0.493 bits per heavy atom. The molecule has 0 amide bonds. The zero-order chi connectivity index (χ0) is 52.3. The Labute approximate surface area is 432 Å². The molecule has 0 saturated carbocycles. The van der Waals surface area contributed by atoms with Crippen LogP contribution in [0.2, 0.25) is 0 Å². The second-order valence-corrected chi connectivity index (χ2v) is 20.1. The van der Waals surface area contributed by atoms with Gasteiger partial charge in [0.15, 0.2) is 0 Å². The van der Waals surface area contributed by atoms with Crippen LogP contribution in [0.4, 0.5) is 0 Å². The van der Waals surface area contributed by atoms with Crippen molar-refractivity contribution in [2.45, 2.75) is 116 Å². The molecule has 9 aromatic rings. The van der Waals surface area contributed by atoms with Gasteiger partial charge in [-0.15, -0.1) is 0 Å². The maximum atomic E-state index is 2.23. The molecule has 0 aliphatic heterocycles. The summed E-state index contributed by atoms with van der Waals surface area (Å²) in [5.41, 5.74) is 24.4. The smallest absolute Gasteiger partial charge is 0.0132 e. The normalized spacial score (nSPS) is 9.97. The van der Waals surface area contributed by atoms with Gasteiger partial charge < -0.3 is 0 Å². The third-order valence-electron chi connectivity index (χ3n) is 11.8. The molecule has 0 heterocycles. The lowest BCUT2D eigenvalue weighted by molar-refractivity contribution is 0.590. The molecule has 71 heavy (non-hydrogen) atoms. The lowest BCUT2D eigenvalue weighted by Gasteiger charge is -2.18. The monoisotopic (exact) mass is 937 g/mol. The van der Waals surface area contributed by atoms with E-state index in [0.29, 0.717) is 0 Å². The molecule has 0 N–H and O–H groups in total. The first-order valence-electron chi connectivity index (χ1n) is 25.2. The predicted molar refractivity (Wildman–Crippen MR) is 316 cm³/mol. The minimum absolute atomic E-state index is 0.285. The molecule has 0 radical (unpaired) electrons. The van der Waals surface area contributed by atoms with E-state index in [1.165, 1.54) is 100 Å². The molecule has 9 rings (SSSR count). The minimum atomic E-state index is 0.285. The fourth-order valence-electron chi connectivity index (χ4n) is 7.51. The minimum Gasteiger partial charge on any atom is -0.0622 e. The van der Waals surface area contributed by atoms with Crippen molar-refractivity contribution in [2.24, 2.45) is 0 Å². The first kappa shape index (κ1) is 58.3. The van der Waals surface area contributed by atoms with Crippen LogP contribution in [0.3, 0.4) is 0 Å². The van der Waals surface area contributed by atoms with Crippen LogP contribution in [0.1, 0.15) is 98.7 Å². The fraction of sp³-hybridized carbons (Fsp3) is 0.239. The molecule has 0 fully saturated rings. The summed E-state index contributed by atoms with van der Waals surface area (Å²) in [6.07, 6.45) is 0. The molecule has 0 heteroatoms. The van der Waals surface area contributed by atoms with Crippen LogP contribution >= 0.6 is 0 Å². The van der Waals surface area contributed by atoms with Gasteiger partial charge in [0, 0.05) is 0 Å². The lowest BCUT2D eigenvalue weighted by atomic mass is 9.87. The van der Waals surface area contributed by atoms with Gasteiger partial charge in [-0.25, -0.2) is 0 Å². The van der Waals surface area contributed by atoms with Crippen molar-refractivity contribution in [3.8, 4) is 22.3 Å². The van der Waals surface area contributed by atoms with Crippen LogP contribution in [0.15, 0.2) is 218 Å². The first-order chi connectivity index (χ1) is 33.7. The molecule has 0 spiro atoms. The predicted octanol–water partition coefficient (Wildman–Crippen LogP) is 20.4. The molecule has 0 aromatic heterocycles. The Kier molecular flexibility index (Phi) is 25.1. The van der Waals surface area contributed by atoms with Gasteiger partial charge in [-0.05, 0) is 140 Å². The van der Waals surface area contributed by atoms with Crippen molar-refractivity contribution in [3.05, 3.63) is 296 Å². The van der Waals surface area contributed by atoms with Gasteiger partial charge in [-0.3, -0.25) is 0 Å². The number of aryl methyl sites for hydroxylation is 12. The van der Waals surface area contributed by atoms with E-state index in [4.69, 9.17) is 0 Å². The molecule has 0 bridgehead atoms. The highest BCUT2D eigenvalue weighted by atomic mass is 14.2. The Morgan fingerprint density at radius 1 is 0.211 bits per heavy atom. The highest BCUT2D eigenvalue weighted by Crippen LogP contribution is 2.23. The van der Waals surface area contributed by atoms with Gasteiger partial charge in [0.2, 0.25) is 0 Å². The van der Waals surface area contributed by atoms with Crippen LogP contribution in [0.25, 0.3) is 22.3 Å². The average molecular weight is 937 g/mol. The molecule has 0 unspecified atom stereocenters. The lowest BCUT2D eigenvalue weighted by Crippen LogP contribution is -2.10. The van der Waals surface area contributed by atoms with Gasteiger partial charge >= 0.3 is 0 Å².